The topological polar surface area (TPSA) is 80.4 Å². The van der Waals surface area contributed by atoms with Gasteiger partial charge in [0.05, 0.1) is 17.1 Å². The Balaban J connectivity index is 2.17. The number of hydrogen-bond acceptors (Lipinski definition) is 5. The van der Waals surface area contributed by atoms with Gasteiger partial charge >= 0.3 is 0 Å². The summed E-state index contributed by atoms with van der Waals surface area (Å²) in [4.78, 5) is 21.1. The lowest BCUT2D eigenvalue weighted by molar-refractivity contribution is -0.126. The SMILES string of the molecule is CC(C)(C)C(=O)NC1=NCc2nc(N)sc21. The van der Waals surface area contributed by atoms with Crippen LogP contribution in [0.2, 0.25) is 0 Å². The molecule has 1 aromatic rings. The van der Waals surface area contributed by atoms with Crippen molar-refractivity contribution in [2.45, 2.75) is 27.3 Å². The lowest BCUT2D eigenvalue weighted by Crippen LogP contribution is -2.38. The van der Waals surface area contributed by atoms with Gasteiger partial charge in [-0.1, -0.05) is 32.1 Å². The Morgan fingerprint density at radius 3 is 2.81 bits per heavy atom. The average Bonchev–Trinajstić information content (AvgIpc) is 2.65. The molecular formula is C10H14N4OS. The first-order valence-corrected chi connectivity index (χ1v) is 5.81. The summed E-state index contributed by atoms with van der Waals surface area (Å²) >= 11 is 1.36. The van der Waals surface area contributed by atoms with E-state index >= 15 is 0 Å². The number of thiazole rings is 1. The Labute approximate surface area is 97.8 Å². The molecule has 0 atom stereocenters. The number of nitrogens with two attached hydrogens (primary N) is 1. The quantitative estimate of drug-likeness (QED) is 0.711. The van der Waals surface area contributed by atoms with Crippen molar-refractivity contribution in [1.29, 1.82) is 0 Å². The molecule has 3 N–H and O–H groups in total. The van der Waals surface area contributed by atoms with Crippen LogP contribution in [0.3, 0.4) is 0 Å². The summed E-state index contributed by atoms with van der Waals surface area (Å²) in [6, 6.07) is 0. The molecule has 0 fully saturated rings. The number of fused-ring (bicyclic) bond motifs is 1. The first kappa shape index (κ1) is 11.1. The van der Waals surface area contributed by atoms with Crippen molar-refractivity contribution in [2.75, 3.05) is 5.73 Å². The van der Waals surface area contributed by atoms with E-state index in [1.165, 1.54) is 11.3 Å². The molecule has 0 radical (unpaired) electrons. The lowest BCUT2D eigenvalue weighted by atomic mass is 9.96. The van der Waals surface area contributed by atoms with Crippen molar-refractivity contribution >= 4 is 28.2 Å². The van der Waals surface area contributed by atoms with Gasteiger partial charge in [0, 0.05) is 5.41 Å². The van der Waals surface area contributed by atoms with Crippen LogP contribution in [-0.4, -0.2) is 16.7 Å². The summed E-state index contributed by atoms with van der Waals surface area (Å²) in [5.74, 6) is 0.551. The molecule has 1 aliphatic heterocycles. The van der Waals surface area contributed by atoms with Crippen molar-refractivity contribution in [3.05, 3.63) is 10.6 Å². The van der Waals surface area contributed by atoms with Gasteiger partial charge in [-0.2, -0.15) is 0 Å². The van der Waals surface area contributed by atoms with Crippen molar-refractivity contribution in [2.24, 2.45) is 10.4 Å². The molecule has 2 rings (SSSR count). The van der Waals surface area contributed by atoms with Gasteiger partial charge in [-0.25, -0.2) is 4.98 Å². The largest absolute Gasteiger partial charge is 0.375 e. The molecule has 0 unspecified atom stereocenters. The van der Waals surface area contributed by atoms with Gasteiger partial charge < -0.3 is 11.1 Å². The van der Waals surface area contributed by atoms with Crippen LogP contribution in [0.4, 0.5) is 5.13 Å². The predicted octanol–water partition coefficient (Wildman–Crippen LogP) is 1.15. The Hall–Kier alpha value is -1.43. The molecule has 0 saturated carbocycles. The minimum atomic E-state index is -0.429. The second-order valence-corrected chi connectivity index (χ2v) is 5.73. The van der Waals surface area contributed by atoms with E-state index in [4.69, 9.17) is 5.73 Å². The standard InChI is InChI=1S/C10H14N4OS/c1-10(2,3)8(15)14-7-6-5(4-12-7)13-9(11)16-6/h4H2,1-3H3,(H2,11,13)(H,12,14,15). The lowest BCUT2D eigenvalue weighted by Gasteiger charge is -2.17. The van der Waals surface area contributed by atoms with Gasteiger partial charge in [0.15, 0.2) is 5.13 Å². The minimum absolute atomic E-state index is 0.0499. The molecule has 0 aromatic carbocycles. The van der Waals surface area contributed by atoms with E-state index in [2.05, 4.69) is 15.3 Å². The second kappa shape index (κ2) is 3.55. The van der Waals surface area contributed by atoms with Crippen LogP contribution in [0.1, 0.15) is 31.3 Å². The monoisotopic (exact) mass is 238 g/mol. The molecule has 6 heteroatoms. The van der Waals surface area contributed by atoms with E-state index in [1.54, 1.807) is 0 Å². The molecule has 0 aliphatic carbocycles. The van der Waals surface area contributed by atoms with Crippen LogP contribution >= 0.6 is 11.3 Å². The number of aliphatic imine (C=N–C) groups is 1. The zero-order valence-electron chi connectivity index (χ0n) is 9.50. The molecule has 1 aliphatic rings. The molecule has 1 aromatic heterocycles. The van der Waals surface area contributed by atoms with E-state index in [-0.39, 0.29) is 5.91 Å². The van der Waals surface area contributed by atoms with Gasteiger partial charge in [0.1, 0.15) is 5.84 Å². The fraction of sp³-hybridized carbons (Fsp3) is 0.500. The maximum Gasteiger partial charge on any atom is 0.230 e. The molecule has 5 nitrogen and oxygen atoms in total. The van der Waals surface area contributed by atoms with Crippen molar-refractivity contribution in [3.63, 3.8) is 0 Å². The third kappa shape index (κ3) is 1.92. The smallest absolute Gasteiger partial charge is 0.230 e. The molecular weight excluding hydrogens is 224 g/mol. The maximum absolute atomic E-state index is 11.8. The highest BCUT2D eigenvalue weighted by atomic mass is 32.1. The number of nitrogens with one attached hydrogen (secondary N) is 1. The predicted molar refractivity (Wildman–Crippen MR) is 64.4 cm³/mol. The number of aromatic nitrogens is 1. The highest BCUT2D eigenvalue weighted by Gasteiger charge is 2.27. The third-order valence-electron chi connectivity index (χ3n) is 2.23. The Morgan fingerprint density at radius 2 is 2.19 bits per heavy atom. The van der Waals surface area contributed by atoms with Crippen molar-refractivity contribution in [3.8, 4) is 0 Å². The van der Waals surface area contributed by atoms with Gasteiger partial charge in [-0.3, -0.25) is 9.79 Å². The molecule has 2 heterocycles. The zero-order chi connectivity index (χ0) is 11.9. The van der Waals surface area contributed by atoms with Crippen molar-refractivity contribution in [1.82, 2.24) is 10.3 Å². The fourth-order valence-electron chi connectivity index (χ4n) is 1.28. The molecule has 1 amide bonds. The zero-order valence-corrected chi connectivity index (χ0v) is 10.3. The number of rotatable bonds is 0. The number of amidine groups is 1. The fourth-order valence-corrected chi connectivity index (χ4v) is 2.08. The summed E-state index contributed by atoms with van der Waals surface area (Å²) in [5.41, 5.74) is 6.03. The number of carbonyl (C=O) groups is 1. The number of carbonyl (C=O) groups excluding carboxylic acids is 1. The number of nitrogen functional groups attached to an aromatic ring is 1. The molecule has 0 spiro atoms. The van der Waals surface area contributed by atoms with Gasteiger partial charge in [0.2, 0.25) is 5.91 Å². The number of hydrogen-bond donors (Lipinski definition) is 2. The van der Waals surface area contributed by atoms with Crippen LogP contribution in [-0.2, 0) is 11.3 Å². The Morgan fingerprint density at radius 1 is 1.50 bits per heavy atom. The average molecular weight is 238 g/mol. The van der Waals surface area contributed by atoms with Crippen molar-refractivity contribution < 1.29 is 4.79 Å². The second-order valence-electron chi connectivity index (χ2n) is 4.70. The minimum Gasteiger partial charge on any atom is -0.375 e. The number of anilines is 1. The van der Waals surface area contributed by atoms with E-state index in [9.17, 15) is 4.79 Å². The highest BCUT2D eigenvalue weighted by Crippen LogP contribution is 2.26. The van der Waals surface area contributed by atoms with Gasteiger partial charge in [-0.15, -0.1) is 0 Å². The summed E-state index contributed by atoms with van der Waals surface area (Å²) in [6.45, 7) is 6.09. The normalized spacial score (nSPS) is 14.6. The molecule has 0 saturated heterocycles. The Bertz CT molecular complexity index is 470. The highest BCUT2D eigenvalue weighted by molar-refractivity contribution is 7.17. The molecule has 86 valence electrons. The number of amides is 1. The van der Waals surface area contributed by atoms with Gasteiger partial charge in [0.25, 0.3) is 0 Å². The summed E-state index contributed by atoms with van der Waals surface area (Å²) in [5, 5.41) is 3.33. The maximum atomic E-state index is 11.8. The van der Waals surface area contributed by atoms with Gasteiger partial charge in [-0.05, 0) is 0 Å². The van der Waals surface area contributed by atoms with E-state index in [0.29, 0.717) is 17.5 Å². The Kier molecular flexibility index (Phi) is 2.46. The first-order chi connectivity index (χ1) is 7.38. The van der Waals surface area contributed by atoms with Crippen LogP contribution < -0.4 is 11.1 Å². The number of nitrogens with zero attached hydrogens (tertiary/aromatic N) is 2. The third-order valence-corrected chi connectivity index (χ3v) is 3.16. The van der Waals surface area contributed by atoms with Crippen LogP contribution in [0.15, 0.2) is 4.99 Å². The van der Waals surface area contributed by atoms with E-state index in [0.717, 1.165) is 10.6 Å². The summed E-state index contributed by atoms with van der Waals surface area (Å²) in [7, 11) is 0. The first-order valence-electron chi connectivity index (χ1n) is 4.99. The van der Waals surface area contributed by atoms with E-state index < -0.39 is 5.41 Å². The summed E-state index contributed by atoms with van der Waals surface area (Å²) in [6.07, 6.45) is 0. The van der Waals surface area contributed by atoms with Crippen LogP contribution in [0.25, 0.3) is 0 Å². The summed E-state index contributed by atoms with van der Waals surface area (Å²) < 4.78 is 0. The molecule has 0 bridgehead atoms. The van der Waals surface area contributed by atoms with Crippen LogP contribution in [0, 0.1) is 5.41 Å². The van der Waals surface area contributed by atoms with Crippen LogP contribution in [0.5, 0.6) is 0 Å². The van der Waals surface area contributed by atoms with E-state index in [1.807, 2.05) is 20.8 Å². The molecule has 16 heavy (non-hydrogen) atoms.